The van der Waals surface area contributed by atoms with Crippen molar-refractivity contribution < 1.29 is 4.79 Å². The van der Waals surface area contributed by atoms with Gasteiger partial charge in [-0.2, -0.15) is 11.8 Å². The van der Waals surface area contributed by atoms with Crippen molar-refractivity contribution >= 4 is 17.5 Å². The first-order chi connectivity index (χ1) is 5.18. The molecule has 0 spiro atoms. The van der Waals surface area contributed by atoms with Crippen LogP contribution in [0.15, 0.2) is 0 Å². The molecule has 0 heterocycles. The third kappa shape index (κ3) is 6.42. The van der Waals surface area contributed by atoms with Crippen molar-refractivity contribution in [3.05, 3.63) is 0 Å². The van der Waals surface area contributed by atoms with E-state index in [0.29, 0.717) is 5.78 Å². The monoisotopic (exact) mass is 174 g/mol. The fourth-order valence-electron chi connectivity index (χ4n) is 0.730. The molecule has 0 saturated carbocycles. The quantitative estimate of drug-likeness (QED) is 0.576. The first-order valence-electron chi connectivity index (χ1n) is 4.30. The maximum atomic E-state index is 10.8. The zero-order chi connectivity index (χ0) is 8.69. The highest BCUT2D eigenvalue weighted by molar-refractivity contribution is 8.00. The molecule has 1 unspecified atom stereocenters. The van der Waals surface area contributed by atoms with Crippen LogP contribution < -0.4 is 0 Å². The fourth-order valence-corrected chi connectivity index (χ4v) is 1.69. The van der Waals surface area contributed by atoms with Gasteiger partial charge in [-0.1, -0.05) is 19.8 Å². The molecule has 1 nitrogen and oxygen atoms in total. The average Bonchev–Trinajstić information content (AvgIpc) is 1.97. The van der Waals surface area contributed by atoms with Crippen LogP contribution in [0.5, 0.6) is 0 Å². The topological polar surface area (TPSA) is 17.1 Å². The highest BCUT2D eigenvalue weighted by Crippen LogP contribution is 2.13. The standard InChI is InChI=1S/C9H18OS/c1-4-5-6-7-11-9(3)8(2)10/h9H,4-7H2,1-3H3. The number of hydrogen-bond acceptors (Lipinski definition) is 2. The van der Waals surface area contributed by atoms with Crippen LogP contribution in [0.4, 0.5) is 0 Å². The molecule has 0 aliphatic heterocycles. The van der Waals surface area contributed by atoms with Crippen molar-refractivity contribution in [3.63, 3.8) is 0 Å². The number of Topliss-reactive ketones (excluding diaryl/α,β-unsaturated/α-hetero) is 1. The van der Waals surface area contributed by atoms with Gasteiger partial charge in [0.1, 0.15) is 5.78 Å². The first-order valence-corrected chi connectivity index (χ1v) is 5.35. The van der Waals surface area contributed by atoms with E-state index in [1.54, 1.807) is 18.7 Å². The number of rotatable bonds is 6. The summed E-state index contributed by atoms with van der Waals surface area (Å²) in [4.78, 5) is 10.8. The summed E-state index contributed by atoms with van der Waals surface area (Å²) >= 11 is 1.77. The number of hydrogen-bond donors (Lipinski definition) is 0. The third-order valence-electron chi connectivity index (χ3n) is 1.69. The smallest absolute Gasteiger partial charge is 0.142 e. The van der Waals surface area contributed by atoms with E-state index in [0.717, 1.165) is 5.75 Å². The molecule has 0 bridgehead atoms. The largest absolute Gasteiger partial charge is 0.299 e. The predicted molar refractivity (Wildman–Crippen MR) is 52.1 cm³/mol. The Kier molecular flexibility index (Phi) is 6.73. The zero-order valence-electron chi connectivity index (χ0n) is 7.72. The Hall–Kier alpha value is 0.0200. The van der Waals surface area contributed by atoms with Gasteiger partial charge in [0.15, 0.2) is 0 Å². The molecule has 0 radical (unpaired) electrons. The number of carbonyl (C=O) groups excluding carboxylic acids is 1. The van der Waals surface area contributed by atoms with Gasteiger partial charge in [-0.3, -0.25) is 4.79 Å². The normalized spacial score (nSPS) is 13.0. The van der Waals surface area contributed by atoms with Crippen molar-refractivity contribution in [2.24, 2.45) is 0 Å². The van der Waals surface area contributed by atoms with Gasteiger partial charge in [0.25, 0.3) is 0 Å². The lowest BCUT2D eigenvalue weighted by Crippen LogP contribution is -2.08. The van der Waals surface area contributed by atoms with E-state index in [9.17, 15) is 4.79 Å². The van der Waals surface area contributed by atoms with Gasteiger partial charge in [-0.05, 0) is 26.0 Å². The number of unbranched alkanes of at least 4 members (excludes halogenated alkanes) is 2. The van der Waals surface area contributed by atoms with Gasteiger partial charge >= 0.3 is 0 Å². The Morgan fingerprint density at radius 2 is 2.09 bits per heavy atom. The molecule has 1 atom stereocenters. The van der Waals surface area contributed by atoms with E-state index in [4.69, 9.17) is 0 Å². The molecule has 66 valence electrons. The second kappa shape index (κ2) is 6.71. The SMILES string of the molecule is CCCCCSC(C)C(C)=O. The van der Waals surface area contributed by atoms with Crippen molar-refractivity contribution in [3.8, 4) is 0 Å². The van der Waals surface area contributed by atoms with Gasteiger partial charge in [-0.25, -0.2) is 0 Å². The van der Waals surface area contributed by atoms with Crippen LogP contribution in [-0.2, 0) is 4.79 Å². The van der Waals surface area contributed by atoms with Crippen LogP contribution in [0.3, 0.4) is 0 Å². The minimum Gasteiger partial charge on any atom is -0.299 e. The van der Waals surface area contributed by atoms with Gasteiger partial charge in [0, 0.05) is 0 Å². The zero-order valence-corrected chi connectivity index (χ0v) is 8.54. The maximum absolute atomic E-state index is 10.8. The minimum absolute atomic E-state index is 0.201. The van der Waals surface area contributed by atoms with Crippen LogP contribution in [0.25, 0.3) is 0 Å². The van der Waals surface area contributed by atoms with Gasteiger partial charge < -0.3 is 0 Å². The van der Waals surface area contributed by atoms with Gasteiger partial charge in [0.2, 0.25) is 0 Å². The highest BCUT2D eigenvalue weighted by atomic mass is 32.2. The summed E-state index contributed by atoms with van der Waals surface area (Å²) in [5, 5.41) is 0.201. The van der Waals surface area contributed by atoms with E-state index in [2.05, 4.69) is 6.92 Å². The molecular weight excluding hydrogens is 156 g/mol. The minimum atomic E-state index is 0.201. The predicted octanol–water partition coefficient (Wildman–Crippen LogP) is 2.89. The summed E-state index contributed by atoms with van der Waals surface area (Å²) < 4.78 is 0. The summed E-state index contributed by atoms with van der Waals surface area (Å²) in [6.45, 7) is 5.84. The molecule has 0 N–H and O–H groups in total. The fraction of sp³-hybridized carbons (Fsp3) is 0.889. The Bertz CT molecular complexity index is 112. The van der Waals surface area contributed by atoms with Crippen LogP contribution in [0.2, 0.25) is 0 Å². The van der Waals surface area contributed by atoms with Crippen molar-refractivity contribution in [1.29, 1.82) is 0 Å². The molecule has 0 amide bonds. The Balaban J connectivity index is 3.17. The van der Waals surface area contributed by atoms with E-state index in [-0.39, 0.29) is 5.25 Å². The van der Waals surface area contributed by atoms with Gasteiger partial charge in [0.05, 0.1) is 5.25 Å². The number of thioether (sulfide) groups is 1. The molecule has 0 saturated heterocycles. The van der Waals surface area contributed by atoms with Crippen molar-refractivity contribution in [2.45, 2.75) is 45.3 Å². The molecule has 11 heavy (non-hydrogen) atoms. The molecule has 0 aromatic rings. The summed E-state index contributed by atoms with van der Waals surface area (Å²) in [7, 11) is 0. The number of carbonyl (C=O) groups is 1. The van der Waals surface area contributed by atoms with E-state index < -0.39 is 0 Å². The second-order valence-electron chi connectivity index (χ2n) is 2.83. The summed E-state index contributed by atoms with van der Waals surface area (Å²) in [6, 6.07) is 0. The Morgan fingerprint density at radius 1 is 1.45 bits per heavy atom. The lowest BCUT2D eigenvalue weighted by atomic mass is 10.3. The van der Waals surface area contributed by atoms with Crippen LogP contribution >= 0.6 is 11.8 Å². The second-order valence-corrected chi connectivity index (χ2v) is 4.28. The molecule has 0 aromatic carbocycles. The molecule has 0 aromatic heterocycles. The van der Waals surface area contributed by atoms with E-state index in [1.165, 1.54) is 19.3 Å². The molecule has 0 fully saturated rings. The van der Waals surface area contributed by atoms with Crippen LogP contribution in [0.1, 0.15) is 40.0 Å². The average molecular weight is 174 g/mol. The molecule has 2 heteroatoms. The van der Waals surface area contributed by atoms with E-state index in [1.807, 2.05) is 6.92 Å². The number of ketones is 1. The molecule has 0 rings (SSSR count). The lowest BCUT2D eigenvalue weighted by molar-refractivity contribution is -0.116. The molecular formula is C9H18OS. The van der Waals surface area contributed by atoms with Crippen molar-refractivity contribution in [2.75, 3.05) is 5.75 Å². The molecule has 0 aliphatic carbocycles. The Morgan fingerprint density at radius 3 is 2.55 bits per heavy atom. The maximum Gasteiger partial charge on any atom is 0.142 e. The summed E-state index contributed by atoms with van der Waals surface area (Å²) in [5.41, 5.74) is 0. The highest BCUT2D eigenvalue weighted by Gasteiger charge is 2.05. The van der Waals surface area contributed by atoms with Crippen LogP contribution in [0, 0.1) is 0 Å². The van der Waals surface area contributed by atoms with E-state index >= 15 is 0 Å². The van der Waals surface area contributed by atoms with Crippen molar-refractivity contribution in [1.82, 2.24) is 0 Å². The third-order valence-corrected chi connectivity index (χ3v) is 3.04. The molecule has 0 aliphatic rings. The lowest BCUT2D eigenvalue weighted by Gasteiger charge is -2.05. The first kappa shape index (κ1) is 11.0. The summed E-state index contributed by atoms with van der Waals surface area (Å²) in [6.07, 6.45) is 3.80. The summed E-state index contributed by atoms with van der Waals surface area (Å²) in [5.74, 6) is 1.43. The van der Waals surface area contributed by atoms with Gasteiger partial charge in [-0.15, -0.1) is 0 Å². The Labute approximate surface area is 73.9 Å². The van der Waals surface area contributed by atoms with Crippen LogP contribution in [-0.4, -0.2) is 16.8 Å².